The second-order valence-corrected chi connectivity index (χ2v) is 4.08. The van der Waals surface area contributed by atoms with E-state index in [9.17, 15) is 14.7 Å². The quantitative estimate of drug-likeness (QED) is 0.692. The third-order valence-corrected chi connectivity index (χ3v) is 2.62. The Kier molecular flexibility index (Phi) is 5.06. The van der Waals surface area contributed by atoms with E-state index in [1.807, 2.05) is 0 Å². The van der Waals surface area contributed by atoms with Crippen molar-refractivity contribution in [2.45, 2.75) is 51.5 Å². The van der Waals surface area contributed by atoms with E-state index in [-0.39, 0.29) is 0 Å². The molecule has 0 amide bonds. The first-order valence-electron chi connectivity index (χ1n) is 5.57. The molecule has 0 aromatic carbocycles. The zero-order valence-electron chi connectivity index (χ0n) is 10.8. The predicted molar refractivity (Wildman–Crippen MR) is 58.5 cm³/mol. The van der Waals surface area contributed by atoms with Crippen LogP contribution < -0.4 is 0 Å². The Balaban J connectivity index is 2.93. The van der Waals surface area contributed by atoms with Crippen molar-refractivity contribution in [1.82, 2.24) is 0 Å². The van der Waals surface area contributed by atoms with Gasteiger partial charge < -0.3 is 24.1 Å². The van der Waals surface area contributed by atoms with Crippen LogP contribution in [0.5, 0.6) is 0 Å². The number of methoxy groups -OCH3 is 1. The molecule has 5 atom stereocenters. The van der Waals surface area contributed by atoms with Gasteiger partial charge in [-0.2, -0.15) is 0 Å². The molecule has 1 N–H and O–H groups in total. The first-order chi connectivity index (χ1) is 8.36. The zero-order chi connectivity index (χ0) is 13.9. The monoisotopic (exact) mass is 262 g/mol. The highest BCUT2D eigenvalue weighted by molar-refractivity contribution is 5.67. The topological polar surface area (TPSA) is 91.3 Å². The van der Waals surface area contributed by atoms with Crippen LogP contribution in [0.15, 0.2) is 0 Å². The molecule has 0 saturated carbocycles. The minimum absolute atomic E-state index is 0.529. The van der Waals surface area contributed by atoms with Crippen molar-refractivity contribution in [3.8, 4) is 0 Å². The summed E-state index contributed by atoms with van der Waals surface area (Å²) in [6, 6.07) is 0. The molecule has 0 aromatic heterocycles. The van der Waals surface area contributed by atoms with Crippen LogP contribution in [0.2, 0.25) is 0 Å². The Labute approximate surface area is 105 Å². The van der Waals surface area contributed by atoms with E-state index in [0.717, 1.165) is 0 Å². The minimum atomic E-state index is -1.25. The fourth-order valence-electron chi connectivity index (χ4n) is 1.92. The van der Waals surface area contributed by atoms with E-state index in [1.165, 1.54) is 21.0 Å². The van der Waals surface area contributed by atoms with E-state index in [4.69, 9.17) is 18.9 Å². The van der Waals surface area contributed by atoms with Crippen LogP contribution >= 0.6 is 0 Å². The van der Waals surface area contributed by atoms with Gasteiger partial charge in [0.15, 0.2) is 18.5 Å². The largest absolute Gasteiger partial charge is 0.456 e. The lowest BCUT2D eigenvalue weighted by atomic mass is 9.99. The third kappa shape index (κ3) is 3.41. The van der Waals surface area contributed by atoms with Crippen molar-refractivity contribution in [2.75, 3.05) is 7.11 Å². The summed E-state index contributed by atoms with van der Waals surface area (Å²) in [5, 5.41) is 9.70. The number of aliphatic hydroxyl groups is 1. The number of rotatable bonds is 3. The summed E-state index contributed by atoms with van der Waals surface area (Å²) in [6.45, 7) is 4.08. The number of aliphatic hydroxyl groups excluding tert-OH is 1. The Morgan fingerprint density at radius 3 is 2.00 bits per heavy atom. The first kappa shape index (κ1) is 14.9. The molecule has 7 nitrogen and oxygen atoms in total. The molecule has 104 valence electrons. The zero-order valence-corrected chi connectivity index (χ0v) is 10.8. The molecule has 0 aliphatic carbocycles. The second-order valence-electron chi connectivity index (χ2n) is 4.08. The van der Waals surface area contributed by atoms with Crippen LogP contribution in [-0.4, -0.2) is 54.9 Å². The summed E-state index contributed by atoms with van der Waals surface area (Å²) >= 11 is 0. The van der Waals surface area contributed by atoms with Gasteiger partial charge in [0.25, 0.3) is 0 Å². The fraction of sp³-hybridized carbons (Fsp3) is 0.818. The number of carbonyl (C=O) groups is 2. The molecule has 1 rings (SSSR count). The Bertz CT molecular complexity index is 317. The maximum atomic E-state index is 11.1. The molecular weight excluding hydrogens is 244 g/mol. The Morgan fingerprint density at radius 2 is 1.56 bits per heavy atom. The fourth-order valence-corrected chi connectivity index (χ4v) is 1.92. The molecule has 1 aliphatic rings. The van der Waals surface area contributed by atoms with Gasteiger partial charge in [-0.3, -0.25) is 9.59 Å². The average Bonchev–Trinajstić information content (AvgIpc) is 2.23. The van der Waals surface area contributed by atoms with Crippen molar-refractivity contribution in [3.63, 3.8) is 0 Å². The molecule has 0 radical (unpaired) electrons. The standard InChI is InChI=1S/C11H18O7/c1-5-8(17-6(2)12)9(18-7(3)13)10(15-4)11(14)16-5/h5,8-11,14H,1-4H3/t5-,8-,9+,10+,11+/m1/s1. The Morgan fingerprint density at radius 1 is 1.06 bits per heavy atom. The summed E-state index contributed by atoms with van der Waals surface area (Å²) in [5.41, 5.74) is 0. The molecular formula is C11H18O7. The smallest absolute Gasteiger partial charge is 0.303 e. The van der Waals surface area contributed by atoms with Crippen molar-refractivity contribution in [1.29, 1.82) is 0 Å². The lowest BCUT2D eigenvalue weighted by Gasteiger charge is -2.41. The van der Waals surface area contributed by atoms with Crippen molar-refractivity contribution >= 4 is 11.9 Å². The molecule has 0 bridgehead atoms. The van der Waals surface area contributed by atoms with E-state index in [0.29, 0.717) is 0 Å². The van der Waals surface area contributed by atoms with E-state index in [1.54, 1.807) is 6.92 Å². The number of hydrogen-bond acceptors (Lipinski definition) is 7. The molecule has 7 heteroatoms. The van der Waals surface area contributed by atoms with Crippen LogP contribution in [0, 0.1) is 0 Å². The summed E-state index contributed by atoms with van der Waals surface area (Å²) in [6.07, 6.45) is -4.50. The van der Waals surface area contributed by atoms with E-state index >= 15 is 0 Å². The molecule has 18 heavy (non-hydrogen) atoms. The van der Waals surface area contributed by atoms with Gasteiger partial charge in [0.2, 0.25) is 0 Å². The van der Waals surface area contributed by atoms with Gasteiger partial charge in [0.1, 0.15) is 6.10 Å². The maximum absolute atomic E-state index is 11.1. The molecule has 0 spiro atoms. The van der Waals surface area contributed by atoms with Crippen LogP contribution in [0.25, 0.3) is 0 Å². The maximum Gasteiger partial charge on any atom is 0.303 e. The second kappa shape index (κ2) is 6.12. The highest BCUT2D eigenvalue weighted by Crippen LogP contribution is 2.26. The van der Waals surface area contributed by atoms with Gasteiger partial charge in [0, 0.05) is 21.0 Å². The molecule has 1 saturated heterocycles. The van der Waals surface area contributed by atoms with Crippen LogP contribution in [0.3, 0.4) is 0 Å². The van der Waals surface area contributed by atoms with Gasteiger partial charge >= 0.3 is 11.9 Å². The van der Waals surface area contributed by atoms with Crippen molar-refractivity contribution in [2.24, 2.45) is 0 Å². The minimum Gasteiger partial charge on any atom is -0.456 e. The lowest BCUT2D eigenvalue weighted by Crippen LogP contribution is -2.59. The summed E-state index contributed by atoms with van der Waals surface area (Å²) in [4.78, 5) is 22.1. The predicted octanol–water partition coefficient (Wildman–Crippen LogP) is -0.398. The number of esters is 2. The SMILES string of the molecule is CO[C@H]1[C@@H](OC(C)=O)[C@H](OC(C)=O)[C@@H](C)O[C@@H]1O. The van der Waals surface area contributed by atoms with E-state index in [2.05, 4.69) is 0 Å². The number of ether oxygens (including phenoxy) is 4. The van der Waals surface area contributed by atoms with Crippen LogP contribution in [-0.2, 0) is 28.5 Å². The highest BCUT2D eigenvalue weighted by Gasteiger charge is 2.48. The summed E-state index contributed by atoms with van der Waals surface area (Å²) < 4.78 is 20.3. The van der Waals surface area contributed by atoms with Crippen molar-refractivity contribution < 1.29 is 33.6 Å². The lowest BCUT2D eigenvalue weighted by molar-refractivity contribution is -0.289. The normalized spacial score (nSPS) is 35.9. The van der Waals surface area contributed by atoms with Gasteiger partial charge in [0.05, 0.1) is 6.10 Å². The molecule has 1 fully saturated rings. The number of hydrogen-bond donors (Lipinski definition) is 1. The van der Waals surface area contributed by atoms with Gasteiger partial charge in [-0.25, -0.2) is 0 Å². The molecule has 0 aromatic rings. The molecule has 0 unspecified atom stereocenters. The van der Waals surface area contributed by atoms with Crippen molar-refractivity contribution in [3.05, 3.63) is 0 Å². The number of carbonyl (C=O) groups excluding carboxylic acids is 2. The summed E-state index contributed by atoms with van der Waals surface area (Å²) in [5.74, 6) is -1.08. The highest BCUT2D eigenvalue weighted by atomic mass is 16.7. The first-order valence-corrected chi connectivity index (χ1v) is 5.57. The van der Waals surface area contributed by atoms with Gasteiger partial charge in [-0.15, -0.1) is 0 Å². The average molecular weight is 262 g/mol. The molecule has 1 heterocycles. The Hall–Kier alpha value is -1.18. The van der Waals surface area contributed by atoms with Gasteiger partial charge in [-0.1, -0.05) is 0 Å². The molecule has 1 aliphatic heterocycles. The van der Waals surface area contributed by atoms with Crippen LogP contribution in [0.1, 0.15) is 20.8 Å². The third-order valence-electron chi connectivity index (χ3n) is 2.62. The van der Waals surface area contributed by atoms with Crippen LogP contribution in [0.4, 0.5) is 0 Å². The van der Waals surface area contributed by atoms with Gasteiger partial charge in [-0.05, 0) is 6.92 Å². The summed E-state index contributed by atoms with van der Waals surface area (Å²) in [7, 11) is 1.34. The van der Waals surface area contributed by atoms with E-state index < -0.39 is 42.6 Å².